The first-order valence-corrected chi connectivity index (χ1v) is 20.8. The largest absolute Gasteiger partial charge is 0.670 e. The molecular weight excluding hydrogens is 741 g/mol. The molecule has 3 atom stereocenters. The SMILES string of the molecule is CNCc1cc(O)cc(C(Cc2ccc(O)c(OC3CCCCC3)c2)C(=O)CC(O)C(Cc2cc[n-]c2)Cc2ccc(O)c(OC)c2Cc2cccc3ccccc23)c1. The predicted octanol–water partition coefficient (Wildman–Crippen LogP) is 8.69. The number of carbonyl (C=O) groups is 1. The summed E-state index contributed by atoms with van der Waals surface area (Å²) in [4.78, 5) is 19.0. The Kier molecular flexibility index (Phi) is 13.6. The fraction of sp³-hybridized carbons (Fsp3) is 0.340. The fourth-order valence-corrected chi connectivity index (χ4v) is 8.79. The van der Waals surface area contributed by atoms with Crippen LogP contribution in [0.25, 0.3) is 10.8 Å². The smallest absolute Gasteiger partial charge is 0.164 e. The van der Waals surface area contributed by atoms with Crippen molar-refractivity contribution in [2.24, 2.45) is 5.92 Å². The van der Waals surface area contributed by atoms with Gasteiger partial charge in [-0.05, 0) is 127 Å². The third-order valence-electron chi connectivity index (χ3n) is 11.8. The van der Waals surface area contributed by atoms with Crippen molar-refractivity contribution in [1.82, 2.24) is 10.3 Å². The minimum Gasteiger partial charge on any atom is -0.670 e. The molecule has 9 nitrogen and oxygen atoms in total. The number of aliphatic hydroxyl groups is 1. The van der Waals surface area contributed by atoms with Crippen molar-refractivity contribution in [2.45, 2.75) is 88.9 Å². The number of rotatable bonds is 18. The first-order chi connectivity index (χ1) is 28.7. The number of aliphatic hydroxyl groups excluding tert-OH is 1. The van der Waals surface area contributed by atoms with Crippen molar-refractivity contribution in [3.8, 4) is 28.7 Å². The summed E-state index contributed by atoms with van der Waals surface area (Å²) in [5.41, 5.74) is 6.02. The second kappa shape index (κ2) is 19.3. The van der Waals surface area contributed by atoms with E-state index < -0.39 is 17.9 Å². The van der Waals surface area contributed by atoms with Crippen molar-refractivity contribution in [3.05, 3.63) is 148 Å². The van der Waals surface area contributed by atoms with E-state index in [1.165, 1.54) is 6.42 Å². The molecule has 0 spiro atoms. The van der Waals surface area contributed by atoms with Gasteiger partial charge in [0.1, 0.15) is 11.5 Å². The molecule has 0 bridgehead atoms. The molecule has 1 aliphatic carbocycles. The van der Waals surface area contributed by atoms with E-state index in [4.69, 9.17) is 9.47 Å². The maximum Gasteiger partial charge on any atom is 0.164 e. The number of phenolic OH excluding ortho intramolecular Hbond substituents is 3. The summed E-state index contributed by atoms with van der Waals surface area (Å²) in [5.74, 6) is -0.357. The van der Waals surface area contributed by atoms with Crippen LogP contribution in [-0.2, 0) is 37.0 Å². The van der Waals surface area contributed by atoms with Gasteiger partial charge in [-0.2, -0.15) is 12.4 Å². The number of carbonyl (C=O) groups excluding carboxylic acids is 1. The van der Waals surface area contributed by atoms with Crippen LogP contribution in [0.15, 0.2) is 109 Å². The van der Waals surface area contributed by atoms with Crippen molar-refractivity contribution < 1.29 is 34.7 Å². The number of benzene rings is 5. The maximum atomic E-state index is 14.7. The lowest BCUT2D eigenvalue weighted by molar-refractivity contribution is -0.123. The highest BCUT2D eigenvalue weighted by Crippen LogP contribution is 2.39. The standard InChI is InChI=1S/C50H55N2O7/c1-51-30-34-22-38(27-40(53)23-34)43(24-32-15-17-45(54)49(25-32)59-41-12-4-3-5-13-41)48(57)29-47(56)39(21-33-19-20-52-31-33)26-37-16-18-46(55)50(58-2)44(37)28-36-11-8-10-35-9-6-7-14-42(35)36/h6-11,14-20,22-23,25,27,31,39,41,43,47,51,53-56H,3-5,12-13,21,24,26,28-30H2,1-2H3/q-1. The quantitative estimate of drug-likeness (QED) is 0.0578. The number of ether oxygens (including phenoxy) is 2. The number of methoxy groups -OCH3 is 1. The Hall–Kier alpha value is -5.77. The van der Waals surface area contributed by atoms with Gasteiger partial charge in [-0.3, -0.25) is 4.79 Å². The van der Waals surface area contributed by atoms with Crippen LogP contribution in [0, 0.1) is 5.92 Å². The molecule has 6 aromatic rings. The second-order valence-electron chi connectivity index (χ2n) is 16.0. The van der Waals surface area contributed by atoms with Gasteiger partial charge < -0.3 is 40.2 Å². The van der Waals surface area contributed by atoms with Gasteiger partial charge in [0.25, 0.3) is 0 Å². The molecule has 9 heteroatoms. The first-order valence-electron chi connectivity index (χ1n) is 20.8. The van der Waals surface area contributed by atoms with Gasteiger partial charge in [0.05, 0.1) is 19.3 Å². The van der Waals surface area contributed by atoms with Crippen LogP contribution in [0.5, 0.6) is 28.7 Å². The normalized spacial score (nSPS) is 14.8. The van der Waals surface area contributed by atoms with E-state index >= 15 is 0 Å². The molecule has 0 aliphatic heterocycles. The van der Waals surface area contributed by atoms with Gasteiger partial charge in [0.15, 0.2) is 23.0 Å². The van der Waals surface area contributed by atoms with Gasteiger partial charge in [-0.1, -0.05) is 78.7 Å². The summed E-state index contributed by atoms with van der Waals surface area (Å²) < 4.78 is 12.1. The zero-order valence-electron chi connectivity index (χ0n) is 33.9. The highest BCUT2D eigenvalue weighted by atomic mass is 16.5. The molecule has 5 N–H and O–H groups in total. The summed E-state index contributed by atoms with van der Waals surface area (Å²) >= 11 is 0. The lowest BCUT2D eigenvalue weighted by atomic mass is 9.80. The number of Topliss-reactive ketones (excluding diaryl/α,β-unsaturated/α-hetero) is 1. The van der Waals surface area contributed by atoms with Crippen LogP contribution in [0.1, 0.15) is 83.4 Å². The van der Waals surface area contributed by atoms with Gasteiger partial charge in [0.2, 0.25) is 0 Å². The molecule has 1 saturated carbocycles. The Morgan fingerprint density at radius 1 is 0.814 bits per heavy atom. The van der Waals surface area contributed by atoms with E-state index in [9.17, 15) is 25.2 Å². The first kappa shape index (κ1) is 41.4. The minimum atomic E-state index is -1.05. The third kappa shape index (κ3) is 10.3. The molecule has 5 aromatic carbocycles. The maximum absolute atomic E-state index is 14.7. The van der Waals surface area contributed by atoms with Gasteiger partial charge >= 0.3 is 0 Å². The Bertz CT molecular complexity index is 2330. The highest BCUT2D eigenvalue weighted by Gasteiger charge is 2.30. The number of aromatic nitrogens is 1. The monoisotopic (exact) mass is 795 g/mol. The lowest BCUT2D eigenvalue weighted by Gasteiger charge is -2.27. The van der Waals surface area contributed by atoms with Gasteiger partial charge in [-0.25, -0.2) is 0 Å². The van der Waals surface area contributed by atoms with Gasteiger partial charge in [-0.15, -0.1) is 0 Å². The predicted molar refractivity (Wildman–Crippen MR) is 231 cm³/mol. The summed E-state index contributed by atoms with van der Waals surface area (Å²) in [7, 11) is 3.38. The molecule has 59 heavy (non-hydrogen) atoms. The highest BCUT2D eigenvalue weighted by molar-refractivity contribution is 5.87. The number of nitrogens with one attached hydrogen (secondary N) is 1. The molecule has 3 unspecified atom stereocenters. The Morgan fingerprint density at radius 3 is 2.39 bits per heavy atom. The van der Waals surface area contributed by atoms with Crippen molar-refractivity contribution >= 4 is 16.6 Å². The summed E-state index contributed by atoms with van der Waals surface area (Å²) in [6.45, 7) is 0.497. The van der Waals surface area contributed by atoms with E-state index in [1.54, 1.807) is 49.8 Å². The Morgan fingerprint density at radius 2 is 1.61 bits per heavy atom. The molecule has 0 amide bonds. The molecule has 1 heterocycles. The molecule has 1 aromatic heterocycles. The Labute approximate surface area is 346 Å². The van der Waals surface area contributed by atoms with E-state index in [0.29, 0.717) is 42.9 Å². The molecule has 308 valence electrons. The van der Waals surface area contributed by atoms with E-state index in [-0.39, 0.29) is 42.0 Å². The number of aromatic hydroxyl groups is 3. The number of phenols is 3. The lowest BCUT2D eigenvalue weighted by Crippen LogP contribution is -2.30. The summed E-state index contributed by atoms with van der Waals surface area (Å²) in [6.07, 6.45) is 9.21. The molecule has 1 fully saturated rings. The second-order valence-corrected chi connectivity index (χ2v) is 16.0. The molecule has 0 saturated heterocycles. The topological polar surface area (TPSA) is 143 Å². The Balaban J connectivity index is 1.20. The van der Waals surface area contributed by atoms with E-state index in [0.717, 1.165) is 69.8 Å². The average Bonchev–Trinajstić information content (AvgIpc) is 3.75. The number of fused-ring (bicyclic) bond motifs is 1. The van der Waals surface area contributed by atoms with Crippen LogP contribution in [-0.4, -0.2) is 52.6 Å². The molecule has 0 radical (unpaired) electrons. The van der Waals surface area contributed by atoms with Crippen molar-refractivity contribution in [3.63, 3.8) is 0 Å². The van der Waals surface area contributed by atoms with Crippen molar-refractivity contribution in [2.75, 3.05) is 14.2 Å². The zero-order chi connectivity index (χ0) is 41.3. The number of ketones is 1. The summed E-state index contributed by atoms with van der Waals surface area (Å²) in [5, 5.41) is 50.2. The van der Waals surface area contributed by atoms with Crippen LogP contribution in [0.4, 0.5) is 0 Å². The fourth-order valence-electron chi connectivity index (χ4n) is 8.79. The summed E-state index contributed by atoms with van der Waals surface area (Å²) in [6, 6.07) is 30.3. The van der Waals surface area contributed by atoms with Crippen LogP contribution < -0.4 is 19.8 Å². The number of hydrogen-bond acceptors (Lipinski definition) is 8. The van der Waals surface area contributed by atoms with Crippen LogP contribution >= 0.6 is 0 Å². The van der Waals surface area contributed by atoms with Crippen LogP contribution in [0.2, 0.25) is 0 Å². The third-order valence-corrected chi connectivity index (χ3v) is 11.8. The molecule has 1 aliphatic rings. The van der Waals surface area contributed by atoms with Crippen molar-refractivity contribution in [1.29, 1.82) is 0 Å². The molecular formula is C50H55N2O7-. The van der Waals surface area contributed by atoms with Crippen LogP contribution in [0.3, 0.4) is 0 Å². The number of hydrogen-bond donors (Lipinski definition) is 5. The van der Waals surface area contributed by atoms with E-state index in [1.807, 2.05) is 49.5 Å². The zero-order valence-corrected chi connectivity index (χ0v) is 33.9. The van der Waals surface area contributed by atoms with E-state index in [2.05, 4.69) is 34.6 Å². The van der Waals surface area contributed by atoms with Gasteiger partial charge in [0, 0.05) is 30.9 Å². The average molecular weight is 796 g/mol. The molecule has 7 rings (SSSR count). The minimum absolute atomic E-state index is 0.0308. The number of nitrogens with zero attached hydrogens (tertiary/aromatic N) is 1.